The van der Waals surface area contributed by atoms with Crippen LogP contribution in [0, 0.1) is 0 Å². The van der Waals surface area contributed by atoms with Gasteiger partial charge in [0.2, 0.25) is 0 Å². The molecule has 0 spiro atoms. The summed E-state index contributed by atoms with van der Waals surface area (Å²) in [7, 11) is 0. The van der Waals surface area contributed by atoms with Crippen LogP contribution >= 0.6 is 23.8 Å². The van der Waals surface area contributed by atoms with Crippen molar-refractivity contribution in [2.45, 2.75) is 0 Å². The fraction of sp³-hybridized carbons (Fsp3) is 0. The zero-order valence-corrected chi connectivity index (χ0v) is 8.02. The van der Waals surface area contributed by atoms with Gasteiger partial charge in [0.25, 0.3) is 5.91 Å². The van der Waals surface area contributed by atoms with Crippen LogP contribution in [-0.4, -0.2) is 15.9 Å². The average Bonchev–Trinajstić information content (AvgIpc) is 2.08. The standard InChI is InChI=1S/C7H6ClN3OS/c8-4-1-2-5(10-3-4)11-7(12)6(9)13/h1-3H,(H2,9,13)(H,10,11,12). The van der Waals surface area contributed by atoms with Gasteiger partial charge < -0.3 is 11.1 Å². The molecule has 0 atom stereocenters. The molecular weight excluding hydrogens is 210 g/mol. The molecule has 0 aliphatic carbocycles. The summed E-state index contributed by atoms with van der Waals surface area (Å²) in [5.74, 6) is -0.174. The minimum Gasteiger partial charge on any atom is -0.385 e. The van der Waals surface area contributed by atoms with E-state index in [9.17, 15) is 4.79 Å². The third-order valence-electron chi connectivity index (χ3n) is 1.19. The Hall–Kier alpha value is -1.20. The van der Waals surface area contributed by atoms with Gasteiger partial charge in [0, 0.05) is 6.20 Å². The maximum atomic E-state index is 10.9. The molecule has 1 aromatic heterocycles. The molecular formula is C7H6ClN3OS. The molecule has 0 unspecified atom stereocenters. The molecule has 6 heteroatoms. The summed E-state index contributed by atoms with van der Waals surface area (Å²) in [4.78, 5) is 14.5. The Morgan fingerprint density at radius 3 is 2.77 bits per heavy atom. The van der Waals surface area contributed by atoms with Crippen molar-refractivity contribution in [1.82, 2.24) is 4.98 Å². The zero-order chi connectivity index (χ0) is 9.84. The Kier molecular flexibility index (Phi) is 3.16. The van der Waals surface area contributed by atoms with Crippen molar-refractivity contribution >= 4 is 40.5 Å². The summed E-state index contributed by atoms with van der Waals surface area (Å²) in [6.45, 7) is 0. The van der Waals surface area contributed by atoms with Gasteiger partial charge in [-0.25, -0.2) is 4.98 Å². The molecule has 0 fully saturated rings. The molecule has 0 radical (unpaired) electrons. The van der Waals surface area contributed by atoms with Gasteiger partial charge in [0.1, 0.15) is 5.82 Å². The van der Waals surface area contributed by atoms with Crippen molar-refractivity contribution in [2.75, 3.05) is 5.32 Å². The Labute approximate surface area is 85.1 Å². The molecule has 0 aliphatic rings. The molecule has 0 bridgehead atoms. The van der Waals surface area contributed by atoms with Crippen LogP contribution < -0.4 is 11.1 Å². The quantitative estimate of drug-likeness (QED) is 0.685. The number of carbonyl (C=O) groups excluding carboxylic acids is 1. The van der Waals surface area contributed by atoms with E-state index in [1.165, 1.54) is 6.20 Å². The van der Waals surface area contributed by atoms with E-state index in [1.807, 2.05) is 0 Å². The second kappa shape index (κ2) is 4.15. The number of thiocarbonyl (C=S) groups is 1. The number of halogens is 1. The number of amides is 1. The van der Waals surface area contributed by atoms with Gasteiger partial charge in [-0.3, -0.25) is 4.79 Å². The van der Waals surface area contributed by atoms with Crippen LogP contribution in [0.1, 0.15) is 0 Å². The summed E-state index contributed by atoms with van der Waals surface area (Å²) in [5.41, 5.74) is 5.08. The minimum atomic E-state index is -0.537. The van der Waals surface area contributed by atoms with E-state index in [-0.39, 0.29) is 4.99 Å². The van der Waals surface area contributed by atoms with Crippen molar-refractivity contribution in [3.8, 4) is 0 Å². The molecule has 0 aromatic carbocycles. The SMILES string of the molecule is NC(=S)C(=O)Nc1ccc(Cl)cn1. The highest BCUT2D eigenvalue weighted by Crippen LogP contribution is 2.08. The Bertz CT molecular complexity index is 338. The van der Waals surface area contributed by atoms with Gasteiger partial charge in [-0.2, -0.15) is 0 Å². The smallest absolute Gasteiger partial charge is 0.283 e. The van der Waals surface area contributed by atoms with Crippen LogP contribution in [0.4, 0.5) is 5.82 Å². The van der Waals surface area contributed by atoms with Crippen molar-refractivity contribution in [1.29, 1.82) is 0 Å². The fourth-order valence-electron chi connectivity index (χ4n) is 0.628. The van der Waals surface area contributed by atoms with Crippen LogP contribution in [0.3, 0.4) is 0 Å². The molecule has 68 valence electrons. The normalized spacial score (nSPS) is 9.31. The zero-order valence-electron chi connectivity index (χ0n) is 6.45. The lowest BCUT2D eigenvalue weighted by atomic mass is 10.4. The van der Waals surface area contributed by atoms with Gasteiger partial charge in [-0.05, 0) is 12.1 Å². The Morgan fingerprint density at radius 2 is 2.31 bits per heavy atom. The monoisotopic (exact) mass is 215 g/mol. The first-order valence-corrected chi connectivity index (χ1v) is 4.10. The largest absolute Gasteiger partial charge is 0.385 e. The second-order valence-electron chi connectivity index (χ2n) is 2.18. The number of hydrogen-bond acceptors (Lipinski definition) is 3. The van der Waals surface area contributed by atoms with Crippen molar-refractivity contribution in [3.63, 3.8) is 0 Å². The number of nitrogens with zero attached hydrogens (tertiary/aromatic N) is 1. The number of hydrogen-bond donors (Lipinski definition) is 2. The number of nitrogens with two attached hydrogens (primary N) is 1. The molecule has 0 saturated carbocycles. The second-order valence-corrected chi connectivity index (χ2v) is 3.06. The first kappa shape index (κ1) is 9.88. The number of carbonyl (C=O) groups is 1. The molecule has 0 aliphatic heterocycles. The average molecular weight is 216 g/mol. The summed E-state index contributed by atoms with van der Waals surface area (Å²) >= 11 is 10.0. The first-order chi connectivity index (χ1) is 6.09. The summed E-state index contributed by atoms with van der Waals surface area (Å²) in [6, 6.07) is 3.16. The molecule has 3 N–H and O–H groups in total. The van der Waals surface area contributed by atoms with Crippen LogP contribution in [0.5, 0.6) is 0 Å². The maximum Gasteiger partial charge on any atom is 0.283 e. The topological polar surface area (TPSA) is 68.0 Å². The lowest BCUT2D eigenvalue weighted by molar-refractivity contribution is -0.110. The van der Waals surface area contributed by atoms with Gasteiger partial charge >= 0.3 is 0 Å². The highest BCUT2D eigenvalue weighted by Gasteiger charge is 2.04. The number of rotatable bonds is 1. The molecule has 1 amide bonds. The molecule has 1 rings (SSSR count). The predicted octanol–water partition coefficient (Wildman–Crippen LogP) is 0.960. The van der Waals surface area contributed by atoms with E-state index in [0.717, 1.165) is 0 Å². The third kappa shape index (κ3) is 2.96. The van der Waals surface area contributed by atoms with E-state index < -0.39 is 5.91 Å². The third-order valence-corrected chi connectivity index (χ3v) is 1.60. The number of anilines is 1. The molecule has 1 aromatic rings. The van der Waals surface area contributed by atoms with Crippen LogP contribution in [0.25, 0.3) is 0 Å². The van der Waals surface area contributed by atoms with Crippen molar-refractivity contribution in [3.05, 3.63) is 23.4 Å². The highest BCUT2D eigenvalue weighted by atomic mass is 35.5. The Balaban J connectivity index is 2.70. The van der Waals surface area contributed by atoms with Gasteiger partial charge in [-0.1, -0.05) is 23.8 Å². The summed E-state index contributed by atoms with van der Waals surface area (Å²) < 4.78 is 0. The number of aromatic nitrogens is 1. The lowest BCUT2D eigenvalue weighted by Gasteiger charge is -2.01. The van der Waals surface area contributed by atoms with E-state index in [2.05, 4.69) is 22.5 Å². The summed E-state index contributed by atoms with van der Waals surface area (Å²) in [5, 5.41) is 2.89. The van der Waals surface area contributed by atoms with Crippen molar-refractivity contribution in [2.24, 2.45) is 5.73 Å². The maximum absolute atomic E-state index is 10.9. The van der Waals surface area contributed by atoms with Gasteiger partial charge in [-0.15, -0.1) is 0 Å². The van der Waals surface area contributed by atoms with Gasteiger partial charge in [0.05, 0.1) is 5.02 Å². The number of pyridine rings is 1. The highest BCUT2D eigenvalue weighted by molar-refractivity contribution is 7.82. The fourth-order valence-corrected chi connectivity index (χ4v) is 0.790. The van der Waals surface area contributed by atoms with E-state index in [4.69, 9.17) is 17.3 Å². The van der Waals surface area contributed by atoms with Crippen LogP contribution in [0.15, 0.2) is 18.3 Å². The Morgan fingerprint density at radius 1 is 1.62 bits per heavy atom. The summed E-state index contributed by atoms with van der Waals surface area (Å²) in [6.07, 6.45) is 1.41. The van der Waals surface area contributed by atoms with E-state index >= 15 is 0 Å². The lowest BCUT2D eigenvalue weighted by Crippen LogP contribution is -2.28. The molecule has 0 saturated heterocycles. The van der Waals surface area contributed by atoms with Gasteiger partial charge in [0.15, 0.2) is 4.99 Å². The minimum absolute atomic E-state index is 0.225. The predicted molar refractivity (Wildman–Crippen MR) is 54.7 cm³/mol. The van der Waals surface area contributed by atoms with Crippen LogP contribution in [-0.2, 0) is 4.79 Å². The molecule has 13 heavy (non-hydrogen) atoms. The number of nitrogens with one attached hydrogen (secondary N) is 1. The van der Waals surface area contributed by atoms with E-state index in [1.54, 1.807) is 12.1 Å². The van der Waals surface area contributed by atoms with Crippen LogP contribution in [0.2, 0.25) is 5.02 Å². The van der Waals surface area contributed by atoms with Crippen molar-refractivity contribution < 1.29 is 4.79 Å². The molecule has 1 heterocycles. The van der Waals surface area contributed by atoms with E-state index in [0.29, 0.717) is 10.8 Å². The molecule has 4 nitrogen and oxygen atoms in total. The first-order valence-electron chi connectivity index (χ1n) is 3.32.